The first-order chi connectivity index (χ1) is 10.6. The van der Waals surface area contributed by atoms with Crippen LogP contribution in [-0.2, 0) is 0 Å². The maximum Gasteiger partial charge on any atom is 0.319 e. The van der Waals surface area contributed by atoms with Crippen LogP contribution in [0.5, 0.6) is 0 Å². The highest BCUT2D eigenvalue weighted by molar-refractivity contribution is 6.03. The molecule has 0 bridgehead atoms. The molecule has 1 aromatic heterocycles. The molecule has 1 fully saturated rings. The highest BCUT2D eigenvalue weighted by atomic mass is 16.5. The number of hydrogen-bond donors (Lipinski definition) is 3. The Labute approximate surface area is 127 Å². The van der Waals surface area contributed by atoms with Crippen molar-refractivity contribution in [2.45, 2.75) is 25.8 Å². The number of carbonyl (C=O) groups excluding carboxylic acids is 2. The lowest BCUT2D eigenvalue weighted by molar-refractivity contribution is 0.101. The van der Waals surface area contributed by atoms with Crippen LogP contribution in [0, 0.1) is 6.92 Å². The highest BCUT2D eigenvalue weighted by Gasteiger charge is 2.23. The van der Waals surface area contributed by atoms with Gasteiger partial charge < -0.3 is 20.5 Å². The molecule has 1 aromatic carbocycles. The number of urea groups is 1. The van der Waals surface area contributed by atoms with Crippen LogP contribution >= 0.6 is 0 Å². The lowest BCUT2D eigenvalue weighted by Gasteiger charge is -2.08. The molecular weight excluding hydrogens is 284 g/mol. The van der Waals surface area contributed by atoms with Crippen molar-refractivity contribution in [3.63, 3.8) is 0 Å². The van der Waals surface area contributed by atoms with Gasteiger partial charge in [-0.15, -0.1) is 0 Å². The molecule has 0 saturated heterocycles. The molecule has 0 unspecified atom stereocenters. The number of nitrogens with zero attached hydrogens (tertiary/aromatic N) is 1. The minimum Gasteiger partial charge on any atom is -0.361 e. The summed E-state index contributed by atoms with van der Waals surface area (Å²) in [6.45, 7) is 1.72. The summed E-state index contributed by atoms with van der Waals surface area (Å²) in [6, 6.07) is 8.52. The van der Waals surface area contributed by atoms with Crippen molar-refractivity contribution in [1.29, 1.82) is 0 Å². The second-order valence-corrected chi connectivity index (χ2v) is 5.23. The van der Waals surface area contributed by atoms with Gasteiger partial charge in [-0.2, -0.15) is 0 Å². The lowest BCUT2D eigenvalue weighted by atomic mass is 10.2. The fourth-order valence-electron chi connectivity index (χ4n) is 1.92. The molecule has 0 atom stereocenters. The van der Waals surface area contributed by atoms with Crippen LogP contribution < -0.4 is 16.0 Å². The first-order valence-electron chi connectivity index (χ1n) is 7.02. The number of anilines is 2. The molecule has 114 valence electrons. The third-order valence-electron chi connectivity index (χ3n) is 3.15. The van der Waals surface area contributed by atoms with Crippen LogP contribution in [0.25, 0.3) is 0 Å². The Hall–Kier alpha value is -2.83. The van der Waals surface area contributed by atoms with Gasteiger partial charge in [0.2, 0.25) is 0 Å². The Bertz CT molecular complexity index is 706. The third-order valence-corrected chi connectivity index (χ3v) is 3.15. The smallest absolute Gasteiger partial charge is 0.319 e. The quantitative estimate of drug-likeness (QED) is 0.808. The minimum atomic E-state index is -0.364. The monoisotopic (exact) mass is 300 g/mol. The van der Waals surface area contributed by atoms with Crippen LogP contribution in [0.1, 0.15) is 29.1 Å². The molecule has 1 heterocycles. The molecule has 1 saturated carbocycles. The molecule has 0 radical (unpaired) electrons. The predicted molar refractivity (Wildman–Crippen MR) is 80.8 cm³/mol. The molecular formula is C15H16N4O3. The molecule has 0 spiro atoms. The van der Waals surface area contributed by atoms with Crippen LogP contribution in [0.2, 0.25) is 0 Å². The zero-order chi connectivity index (χ0) is 15.5. The van der Waals surface area contributed by atoms with Gasteiger partial charge in [0.1, 0.15) is 5.76 Å². The van der Waals surface area contributed by atoms with Gasteiger partial charge >= 0.3 is 6.03 Å². The molecule has 7 nitrogen and oxygen atoms in total. The van der Waals surface area contributed by atoms with Gasteiger partial charge in [0.15, 0.2) is 5.69 Å². The van der Waals surface area contributed by atoms with Gasteiger partial charge in [-0.25, -0.2) is 4.79 Å². The maximum absolute atomic E-state index is 12.0. The molecule has 3 rings (SSSR count). The summed E-state index contributed by atoms with van der Waals surface area (Å²) in [5.41, 5.74) is 1.38. The normalized spacial score (nSPS) is 13.5. The van der Waals surface area contributed by atoms with Crippen LogP contribution in [-0.4, -0.2) is 23.1 Å². The summed E-state index contributed by atoms with van der Waals surface area (Å²) in [7, 11) is 0. The zero-order valence-corrected chi connectivity index (χ0v) is 12.1. The van der Waals surface area contributed by atoms with E-state index in [1.165, 1.54) is 0 Å². The minimum absolute atomic E-state index is 0.210. The van der Waals surface area contributed by atoms with Gasteiger partial charge in [0.05, 0.1) is 0 Å². The van der Waals surface area contributed by atoms with E-state index in [1.54, 1.807) is 37.3 Å². The molecule has 22 heavy (non-hydrogen) atoms. The summed E-state index contributed by atoms with van der Waals surface area (Å²) in [4.78, 5) is 23.7. The SMILES string of the molecule is Cc1cc(C(=O)Nc2cccc(NC(=O)NC3CC3)c2)no1. The van der Waals surface area contributed by atoms with E-state index in [9.17, 15) is 9.59 Å². The fourth-order valence-corrected chi connectivity index (χ4v) is 1.92. The van der Waals surface area contributed by atoms with Gasteiger partial charge in [-0.05, 0) is 38.0 Å². The number of hydrogen-bond acceptors (Lipinski definition) is 4. The third kappa shape index (κ3) is 3.63. The fraction of sp³-hybridized carbons (Fsp3) is 0.267. The first-order valence-corrected chi connectivity index (χ1v) is 7.02. The largest absolute Gasteiger partial charge is 0.361 e. The molecule has 1 aliphatic rings. The molecule has 3 amide bonds. The average Bonchev–Trinajstić information content (AvgIpc) is 3.16. The van der Waals surface area contributed by atoms with E-state index in [1.807, 2.05) is 0 Å². The number of aromatic nitrogens is 1. The summed E-state index contributed by atoms with van der Waals surface area (Å²) >= 11 is 0. The lowest BCUT2D eigenvalue weighted by Crippen LogP contribution is -2.30. The standard InChI is InChI=1S/C15H16N4O3/c1-9-7-13(19-22-9)14(20)16-11-3-2-4-12(8-11)18-15(21)17-10-5-6-10/h2-4,7-8,10H,5-6H2,1H3,(H,16,20)(H2,17,18,21). The molecule has 3 N–H and O–H groups in total. The number of carbonyl (C=O) groups is 2. The maximum atomic E-state index is 12.0. The van der Waals surface area contributed by atoms with E-state index in [4.69, 9.17) is 4.52 Å². The zero-order valence-electron chi connectivity index (χ0n) is 12.1. The van der Waals surface area contributed by atoms with E-state index in [-0.39, 0.29) is 17.6 Å². The Balaban J connectivity index is 1.62. The topological polar surface area (TPSA) is 96.3 Å². The Morgan fingerprint density at radius 3 is 2.55 bits per heavy atom. The van der Waals surface area contributed by atoms with E-state index >= 15 is 0 Å². The highest BCUT2D eigenvalue weighted by Crippen LogP contribution is 2.20. The van der Waals surface area contributed by atoms with E-state index in [0.29, 0.717) is 23.2 Å². The second kappa shape index (κ2) is 5.88. The summed E-state index contributed by atoms with van der Waals surface area (Å²) < 4.78 is 4.87. The molecule has 2 aromatic rings. The van der Waals surface area contributed by atoms with Crippen molar-refractivity contribution in [2.24, 2.45) is 0 Å². The van der Waals surface area contributed by atoms with Gasteiger partial charge in [-0.1, -0.05) is 11.2 Å². The van der Waals surface area contributed by atoms with E-state index in [2.05, 4.69) is 21.1 Å². The Kier molecular flexibility index (Phi) is 3.78. The van der Waals surface area contributed by atoms with Crippen LogP contribution in [0.3, 0.4) is 0 Å². The van der Waals surface area contributed by atoms with Crippen molar-refractivity contribution in [3.8, 4) is 0 Å². The van der Waals surface area contributed by atoms with Crippen molar-refractivity contribution in [2.75, 3.05) is 10.6 Å². The summed E-state index contributed by atoms with van der Waals surface area (Å²) in [5.74, 6) is 0.203. The number of nitrogens with one attached hydrogen (secondary N) is 3. The summed E-state index contributed by atoms with van der Waals surface area (Å²) in [6.07, 6.45) is 2.06. The number of benzene rings is 1. The van der Waals surface area contributed by atoms with Crippen molar-refractivity contribution in [1.82, 2.24) is 10.5 Å². The first kappa shape index (κ1) is 14.1. The van der Waals surface area contributed by atoms with E-state index < -0.39 is 0 Å². The summed E-state index contributed by atoms with van der Waals surface area (Å²) in [5, 5.41) is 11.9. The van der Waals surface area contributed by atoms with Crippen LogP contribution in [0.4, 0.5) is 16.2 Å². The number of rotatable bonds is 4. The number of amides is 3. The molecule has 0 aliphatic heterocycles. The van der Waals surface area contributed by atoms with Gasteiger partial charge in [-0.3, -0.25) is 4.79 Å². The van der Waals surface area contributed by atoms with Crippen molar-refractivity contribution >= 4 is 23.3 Å². The van der Waals surface area contributed by atoms with Crippen molar-refractivity contribution in [3.05, 3.63) is 41.8 Å². The predicted octanol–water partition coefficient (Wildman–Crippen LogP) is 2.52. The molecule has 7 heteroatoms. The van der Waals surface area contributed by atoms with Crippen LogP contribution in [0.15, 0.2) is 34.9 Å². The number of aryl methyl sites for hydroxylation is 1. The molecule has 1 aliphatic carbocycles. The Morgan fingerprint density at radius 2 is 1.91 bits per heavy atom. The average molecular weight is 300 g/mol. The van der Waals surface area contributed by atoms with E-state index in [0.717, 1.165) is 12.8 Å². The second-order valence-electron chi connectivity index (χ2n) is 5.23. The van der Waals surface area contributed by atoms with Gasteiger partial charge in [0, 0.05) is 23.5 Å². The van der Waals surface area contributed by atoms with Gasteiger partial charge in [0.25, 0.3) is 5.91 Å². The Morgan fingerprint density at radius 1 is 1.18 bits per heavy atom. The van der Waals surface area contributed by atoms with Crippen molar-refractivity contribution < 1.29 is 14.1 Å².